The lowest BCUT2D eigenvalue weighted by atomic mass is 9.67. The Kier molecular flexibility index (Phi) is 7.80. The molecule has 0 heterocycles. The van der Waals surface area contributed by atoms with Gasteiger partial charge >= 0.3 is 6.18 Å². The van der Waals surface area contributed by atoms with Crippen LogP contribution in [0.15, 0.2) is 0 Å². The van der Waals surface area contributed by atoms with Gasteiger partial charge < -0.3 is 4.74 Å². The molecule has 0 aliphatic rings. The molecule has 0 unspecified atom stereocenters. The van der Waals surface area contributed by atoms with E-state index >= 15 is 0 Å². The Hall–Kier alpha value is -0.390. The predicted molar refractivity (Wildman–Crippen MR) is 96.5 cm³/mol. The molecule has 0 aromatic rings. The van der Waals surface area contributed by atoms with Crippen LogP contribution in [0, 0.1) is 16.2 Å². The third-order valence-electron chi connectivity index (χ3n) is 5.92. The Morgan fingerprint density at radius 1 is 0.692 bits per heavy atom. The number of halogens is 5. The van der Waals surface area contributed by atoms with E-state index in [1.165, 1.54) is 13.8 Å². The maximum atomic E-state index is 14.7. The Labute approximate surface area is 156 Å². The van der Waals surface area contributed by atoms with E-state index in [0.29, 0.717) is 20.5 Å². The molecule has 0 rings (SSSR count). The molecule has 0 radical (unpaired) electrons. The van der Waals surface area contributed by atoms with E-state index in [0.717, 1.165) is 12.8 Å². The van der Waals surface area contributed by atoms with E-state index in [4.69, 9.17) is 4.74 Å². The van der Waals surface area contributed by atoms with Crippen LogP contribution in [0.5, 0.6) is 0 Å². The molecule has 26 heavy (non-hydrogen) atoms. The highest BCUT2D eigenvalue weighted by Crippen LogP contribution is 2.57. The highest BCUT2D eigenvalue weighted by Gasteiger charge is 2.68. The lowest BCUT2D eigenvalue weighted by Gasteiger charge is -2.45. The number of ether oxygens (including phenoxy) is 1. The SMILES string of the molecule is CCC(C)(C)CCOC(C)(C)CCC(C)(C)C(F)(F)C(C)(C)C(F)(F)F. The zero-order valence-electron chi connectivity index (χ0n) is 17.8. The lowest BCUT2D eigenvalue weighted by Crippen LogP contribution is -2.55. The third kappa shape index (κ3) is 6.07. The molecule has 0 aliphatic heterocycles. The molecule has 0 N–H and O–H groups in total. The summed E-state index contributed by atoms with van der Waals surface area (Å²) in [6, 6.07) is 0. The number of alkyl halides is 5. The second-order valence-electron chi connectivity index (χ2n) is 9.96. The second-order valence-corrected chi connectivity index (χ2v) is 9.96. The Bertz CT molecular complexity index is 448. The second kappa shape index (κ2) is 7.92. The van der Waals surface area contributed by atoms with Crippen molar-refractivity contribution in [1.29, 1.82) is 0 Å². The number of hydrogen-bond acceptors (Lipinski definition) is 1. The molecule has 0 saturated carbocycles. The van der Waals surface area contributed by atoms with Gasteiger partial charge in [-0.25, -0.2) is 8.78 Å². The summed E-state index contributed by atoms with van der Waals surface area (Å²) in [6.45, 7) is 14.0. The van der Waals surface area contributed by atoms with Crippen molar-refractivity contribution in [3.05, 3.63) is 0 Å². The fourth-order valence-corrected chi connectivity index (χ4v) is 2.65. The highest BCUT2D eigenvalue weighted by molar-refractivity contribution is 5.00. The van der Waals surface area contributed by atoms with E-state index < -0.39 is 28.5 Å². The molecule has 0 spiro atoms. The predicted octanol–water partition coefficient (Wildman–Crippen LogP) is 7.64. The van der Waals surface area contributed by atoms with E-state index in [-0.39, 0.29) is 18.3 Å². The molecule has 0 aliphatic carbocycles. The fraction of sp³-hybridized carbons (Fsp3) is 1.00. The summed E-state index contributed by atoms with van der Waals surface area (Å²) >= 11 is 0. The van der Waals surface area contributed by atoms with Crippen LogP contribution in [0.3, 0.4) is 0 Å². The van der Waals surface area contributed by atoms with Crippen LogP contribution in [-0.2, 0) is 4.74 Å². The van der Waals surface area contributed by atoms with Crippen molar-refractivity contribution in [2.24, 2.45) is 16.2 Å². The zero-order chi connectivity index (χ0) is 21.2. The summed E-state index contributed by atoms with van der Waals surface area (Å²) in [5.41, 5.74) is -5.44. The molecule has 6 heteroatoms. The van der Waals surface area contributed by atoms with Crippen molar-refractivity contribution in [2.75, 3.05) is 6.61 Å². The van der Waals surface area contributed by atoms with E-state index in [2.05, 4.69) is 20.8 Å². The van der Waals surface area contributed by atoms with Crippen LogP contribution in [0.2, 0.25) is 0 Å². The summed E-state index contributed by atoms with van der Waals surface area (Å²) in [5.74, 6) is -3.90. The summed E-state index contributed by atoms with van der Waals surface area (Å²) in [4.78, 5) is 0. The van der Waals surface area contributed by atoms with Gasteiger partial charge in [0.2, 0.25) is 0 Å². The Balaban J connectivity index is 4.99. The monoisotopic (exact) mass is 388 g/mol. The van der Waals surface area contributed by atoms with Crippen LogP contribution >= 0.6 is 0 Å². The van der Waals surface area contributed by atoms with E-state index in [1.807, 2.05) is 0 Å². The smallest absolute Gasteiger partial charge is 0.376 e. The number of hydrogen-bond donors (Lipinski definition) is 0. The maximum Gasteiger partial charge on any atom is 0.399 e. The maximum absolute atomic E-state index is 14.7. The highest BCUT2D eigenvalue weighted by atomic mass is 19.4. The molecule has 0 aromatic heterocycles. The lowest BCUT2D eigenvalue weighted by molar-refractivity contribution is -0.314. The van der Waals surface area contributed by atoms with Crippen LogP contribution in [0.25, 0.3) is 0 Å². The first kappa shape index (κ1) is 25.6. The van der Waals surface area contributed by atoms with Crippen LogP contribution in [0.4, 0.5) is 22.0 Å². The molecule has 0 bridgehead atoms. The van der Waals surface area contributed by atoms with Crippen molar-refractivity contribution in [3.8, 4) is 0 Å². The molecule has 1 nitrogen and oxygen atoms in total. The minimum atomic E-state index is -4.98. The molecule has 0 fully saturated rings. The Morgan fingerprint density at radius 2 is 1.15 bits per heavy atom. The molecule has 0 saturated heterocycles. The van der Waals surface area contributed by atoms with Gasteiger partial charge in [0.25, 0.3) is 5.92 Å². The minimum Gasteiger partial charge on any atom is -0.376 e. The van der Waals surface area contributed by atoms with Gasteiger partial charge in [0.15, 0.2) is 0 Å². The number of rotatable bonds is 10. The van der Waals surface area contributed by atoms with Gasteiger partial charge in [-0.05, 0) is 52.4 Å². The van der Waals surface area contributed by atoms with Crippen molar-refractivity contribution in [2.45, 2.75) is 106 Å². The average molecular weight is 389 g/mol. The molecule has 0 amide bonds. The zero-order valence-corrected chi connectivity index (χ0v) is 17.8. The summed E-state index contributed by atoms with van der Waals surface area (Å²) in [6.07, 6.45) is -2.94. The minimum absolute atomic E-state index is 0.0658. The normalized spacial score (nSPS) is 15.5. The fourth-order valence-electron chi connectivity index (χ4n) is 2.65. The molecular weight excluding hydrogens is 351 g/mol. The quantitative estimate of drug-likeness (QED) is 0.349. The molecule has 158 valence electrons. The first-order valence-corrected chi connectivity index (χ1v) is 9.31. The van der Waals surface area contributed by atoms with Crippen molar-refractivity contribution >= 4 is 0 Å². The molecule has 0 aromatic carbocycles. The van der Waals surface area contributed by atoms with Gasteiger partial charge in [-0.3, -0.25) is 0 Å². The standard InChI is InChI=1S/C20H37F5O/c1-10-15(2,3)13-14-26-17(6,7)12-11-16(4,5)19(21,22)18(8,9)20(23,24)25/h10-14H2,1-9H3. The van der Waals surface area contributed by atoms with Crippen molar-refractivity contribution in [3.63, 3.8) is 0 Å². The molecule has 0 atom stereocenters. The van der Waals surface area contributed by atoms with Crippen LogP contribution in [0.1, 0.15) is 88.0 Å². The average Bonchev–Trinajstić information content (AvgIpc) is 2.43. The summed E-state index contributed by atoms with van der Waals surface area (Å²) in [7, 11) is 0. The van der Waals surface area contributed by atoms with E-state index in [1.54, 1.807) is 13.8 Å². The first-order chi connectivity index (χ1) is 11.2. The van der Waals surface area contributed by atoms with Gasteiger partial charge in [-0.1, -0.05) is 41.0 Å². The van der Waals surface area contributed by atoms with E-state index in [9.17, 15) is 22.0 Å². The topological polar surface area (TPSA) is 9.23 Å². The van der Waals surface area contributed by atoms with Gasteiger partial charge in [0.1, 0.15) is 5.41 Å². The van der Waals surface area contributed by atoms with Crippen LogP contribution < -0.4 is 0 Å². The third-order valence-corrected chi connectivity index (χ3v) is 5.92. The van der Waals surface area contributed by atoms with Crippen molar-refractivity contribution < 1.29 is 26.7 Å². The first-order valence-electron chi connectivity index (χ1n) is 9.31. The van der Waals surface area contributed by atoms with Gasteiger partial charge in [-0.15, -0.1) is 0 Å². The Morgan fingerprint density at radius 3 is 1.54 bits per heavy atom. The van der Waals surface area contributed by atoms with Crippen LogP contribution in [-0.4, -0.2) is 24.3 Å². The molecular formula is C20H37F5O. The van der Waals surface area contributed by atoms with Crippen molar-refractivity contribution in [1.82, 2.24) is 0 Å². The largest absolute Gasteiger partial charge is 0.399 e. The van der Waals surface area contributed by atoms with Gasteiger partial charge in [0, 0.05) is 12.0 Å². The summed E-state index contributed by atoms with van der Waals surface area (Å²) in [5, 5.41) is 0. The van der Waals surface area contributed by atoms with Gasteiger partial charge in [-0.2, -0.15) is 13.2 Å². The van der Waals surface area contributed by atoms with Gasteiger partial charge in [0.05, 0.1) is 5.60 Å². The summed E-state index contributed by atoms with van der Waals surface area (Å²) < 4.78 is 74.8.